The molecule has 1 aliphatic rings. The fourth-order valence-electron chi connectivity index (χ4n) is 5.10. The van der Waals surface area contributed by atoms with Gasteiger partial charge in [-0.05, 0) is 43.5 Å². The molecule has 1 saturated heterocycles. The number of sulfonamides is 1. The first-order valence-electron chi connectivity index (χ1n) is 14.2. The molecule has 2 aromatic heterocycles. The Morgan fingerprint density at radius 2 is 1.85 bits per heavy atom. The first-order chi connectivity index (χ1) is 19.8. The lowest BCUT2D eigenvalue weighted by atomic mass is 10.1. The number of piperazine rings is 1. The predicted molar refractivity (Wildman–Crippen MR) is 159 cm³/mol. The van der Waals surface area contributed by atoms with Gasteiger partial charge in [0.25, 0.3) is 5.56 Å². The van der Waals surface area contributed by atoms with E-state index in [0.717, 1.165) is 17.7 Å². The second-order valence-electron chi connectivity index (χ2n) is 9.31. The van der Waals surface area contributed by atoms with E-state index in [-0.39, 0.29) is 22.9 Å². The van der Waals surface area contributed by atoms with Gasteiger partial charge in [-0.2, -0.15) is 4.31 Å². The molecule has 13 heteroatoms. The van der Waals surface area contributed by atoms with Crippen molar-refractivity contribution in [2.24, 2.45) is 5.16 Å². The summed E-state index contributed by atoms with van der Waals surface area (Å²) in [4.78, 5) is 18.3. The van der Waals surface area contributed by atoms with E-state index in [4.69, 9.17) is 9.84 Å². The van der Waals surface area contributed by atoms with Crippen molar-refractivity contribution >= 4 is 21.8 Å². The normalized spacial score (nSPS) is 14.9. The van der Waals surface area contributed by atoms with Crippen molar-refractivity contribution in [3.05, 3.63) is 45.4 Å². The van der Waals surface area contributed by atoms with Gasteiger partial charge in [-0.15, -0.1) is 5.10 Å². The first-order valence-corrected chi connectivity index (χ1v) is 15.7. The summed E-state index contributed by atoms with van der Waals surface area (Å²) in [6.07, 6.45) is 3.22. The molecular formula is C28H42N6O6S. The molecule has 0 spiro atoms. The minimum absolute atomic E-state index is 0.0277. The molecule has 0 aliphatic carbocycles. The zero-order valence-electron chi connectivity index (χ0n) is 24.6. The number of aliphatic hydroxyl groups excluding tert-OH is 1. The monoisotopic (exact) mass is 590 g/mol. The number of aryl methyl sites for hydroxylation is 2. The molecule has 0 saturated carbocycles. The molecule has 0 radical (unpaired) electrons. The molecule has 3 aromatic rings. The average molecular weight is 591 g/mol. The zero-order valence-corrected chi connectivity index (χ0v) is 25.4. The summed E-state index contributed by atoms with van der Waals surface area (Å²) in [5.41, 5.74) is 2.43. The van der Waals surface area contributed by atoms with E-state index >= 15 is 0 Å². The van der Waals surface area contributed by atoms with E-state index in [9.17, 15) is 23.5 Å². The summed E-state index contributed by atoms with van der Waals surface area (Å²) in [5.74, 6) is 0.562. The van der Waals surface area contributed by atoms with Crippen molar-refractivity contribution in [1.29, 1.82) is 0 Å². The molecule has 1 aliphatic heterocycles. The smallest absolute Gasteiger partial charge is 0.275 e. The zero-order chi connectivity index (χ0) is 30.2. The van der Waals surface area contributed by atoms with Crippen LogP contribution in [0.15, 0.2) is 33.0 Å². The van der Waals surface area contributed by atoms with Gasteiger partial charge in [0, 0.05) is 38.3 Å². The number of benzene rings is 1. The highest BCUT2D eigenvalue weighted by Crippen LogP contribution is 2.32. The van der Waals surface area contributed by atoms with Gasteiger partial charge in [0.1, 0.15) is 11.3 Å². The number of fused-ring (bicyclic) bond motifs is 1. The van der Waals surface area contributed by atoms with Crippen molar-refractivity contribution in [2.45, 2.75) is 58.8 Å². The highest BCUT2D eigenvalue weighted by molar-refractivity contribution is 7.89. The standard InChI is InChI=1S/C26H36N6O6S.C2H6/c1-4-7-22-21(17-27-35)19(5-2)24-26(34)28-25(29-32(22)24)20-16-18(8-9-23(20)38-6-3)39(36,37)31-12-10-30(11-13-31)14-15-33;1-2/h8-9,16-17,33,35H,4-7,10-15H2,1-3H3,(H,28,29,34);1-2H3/b27-17+;. The number of hydrogen-bond acceptors (Lipinski definition) is 9. The van der Waals surface area contributed by atoms with Crippen LogP contribution in [-0.4, -0.2) is 94.7 Å². The number of aromatic amines is 1. The van der Waals surface area contributed by atoms with Gasteiger partial charge in [0.2, 0.25) is 10.0 Å². The highest BCUT2D eigenvalue weighted by atomic mass is 32.2. The molecule has 0 amide bonds. The van der Waals surface area contributed by atoms with Crippen molar-refractivity contribution in [2.75, 3.05) is 45.9 Å². The Labute approximate surface area is 241 Å². The second-order valence-corrected chi connectivity index (χ2v) is 11.2. The molecule has 3 heterocycles. The number of aliphatic hydroxyl groups is 1. The molecule has 4 rings (SSSR count). The topological polar surface area (TPSA) is 153 Å². The molecule has 3 N–H and O–H groups in total. The van der Waals surface area contributed by atoms with Crippen molar-refractivity contribution < 1.29 is 23.5 Å². The van der Waals surface area contributed by atoms with Gasteiger partial charge in [-0.3, -0.25) is 9.69 Å². The molecule has 0 unspecified atom stereocenters. The van der Waals surface area contributed by atoms with E-state index in [2.05, 4.69) is 10.1 Å². The Hall–Kier alpha value is -3.26. The van der Waals surface area contributed by atoms with E-state index in [1.165, 1.54) is 22.7 Å². The van der Waals surface area contributed by atoms with Crippen LogP contribution in [0.1, 0.15) is 57.9 Å². The van der Waals surface area contributed by atoms with Crippen LogP contribution in [-0.2, 0) is 22.9 Å². The minimum atomic E-state index is -3.83. The Morgan fingerprint density at radius 3 is 2.44 bits per heavy atom. The van der Waals surface area contributed by atoms with Crippen LogP contribution < -0.4 is 10.3 Å². The van der Waals surface area contributed by atoms with Crippen molar-refractivity contribution in [3.8, 4) is 17.1 Å². The maximum Gasteiger partial charge on any atom is 0.275 e. The summed E-state index contributed by atoms with van der Waals surface area (Å²) in [6, 6.07) is 4.58. The lowest BCUT2D eigenvalue weighted by Gasteiger charge is -2.33. The number of ether oxygens (including phenoxy) is 1. The molecule has 1 aromatic carbocycles. The molecule has 12 nitrogen and oxygen atoms in total. The quantitative estimate of drug-likeness (QED) is 0.175. The van der Waals surface area contributed by atoms with Crippen LogP contribution in [0.2, 0.25) is 0 Å². The van der Waals surface area contributed by atoms with E-state index < -0.39 is 10.0 Å². The van der Waals surface area contributed by atoms with Gasteiger partial charge < -0.3 is 20.0 Å². The maximum absolute atomic E-state index is 13.6. The van der Waals surface area contributed by atoms with Crippen molar-refractivity contribution in [3.63, 3.8) is 0 Å². The largest absolute Gasteiger partial charge is 0.493 e. The van der Waals surface area contributed by atoms with Gasteiger partial charge in [0.15, 0.2) is 5.82 Å². The summed E-state index contributed by atoms with van der Waals surface area (Å²) < 4.78 is 35.9. The van der Waals surface area contributed by atoms with Crippen LogP contribution in [0, 0.1) is 0 Å². The van der Waals surface area contributed by atoms with E-state index in [1.54, 1.807) is 10.6 Å². The fourth-order valence-corrected chi connectivity index (χ4v) is 6.55. The summed E-state index contributed by atoms with van der Waals surface area (Å²) in [7, 11) is -3.83. The average Bonchev–Trinajstić information content (AvgIpc) is 3.27. The third kappa shape index (κ3) is 6.64. The number of nitrogens with one attached hydrogen (secondary N) is 1. The highest BCUT2D eigenvalue weighted by Gasteiger charge is 2.30. The van der Waals surface area contributed by atoms with Crippen LogP contribution >= 0.6 is 0 Å². The number of aromatic nitrogens is 3. The Morgan fingerprint density at radius 1 is 1.15 bits per heavy atom. The third-order valence-electron chi connectivity index (χ3n) is 6.95. The van der Waals surface area contributed by atoms with Gasteiger partial charge >= 0.3 is 0 Å². The van der Waals surface area contributed by atoms with Gasteiger partial charge in [0.05, 0.1) is 35.6 Å². The molecular weight excluding hydrogens is 548 g/mol. The molecule has 226 valence electrons. The van der Waals surface area contributed by atoms with Gasteiger partial charge in [-0.25, -0.2) is 12.9 Å². The molecule has 0 atom stereocenters. The number of nitrogens with zero attached hydrogens (tertiary/aromatic N) is 5. The summed E-state index contributed by atoms with van der Waals surface area (Å²) in [5, 5.41) is 26.4. The maximum atomic E-state index is 13.6. The van der Waals surface area contributed by atoms with E-state index in [1.807, 2.05) is 39.5 Å². The number of rotatable bonds is 11. The Balaban J connectivity index is 0.00000226. The summed E-state index contributed by atoms with van der Waals surface area (Å²) >= 11 is 0. The number of oxime groups is 1. The van der Waals surface area contributed by atoms with Crippen LogP contribution in [0.25, 0.3) is 16.9 Å². The minimum Gasteiger partial charge on any atom is -0.493 e. The lowest BCUT2D eigenvalue weighted by Crippen LogP contribution is -2.49. The third-order valence-corrected chi connectivity index (χ3v) is 8.85. The second kappa shape index (κ2) is 14.6. The molecule has 1 fully saturated rings. The number of H-pyrrole nitrogens is 1. The SMILES string of the molecule is CC.CCCc1c(/C=N/O)c(CC)c2c(=O)[nH]c(-c3cc(S(=O)(=O)N4CCN(CCO)CC4)ccc3OCC)nn12. The Bertz CT molecular complexity index is 1510. The van der Waals surface area contributed by atoms with Crippen molar-refractivity contribution in [1.82, 2.24) is 23.8 Å². The fraction of sp³-hybridized carbons (Fsp3) is 0.536. The summed E-state index contributed by atoms with van der Waals surface area (Å²) in [6.45, 7) is 12.3. The molecule has 41 heavy (non-hydrogen) atoms. The van der Waals surface area contributed by atoms with Crippen LogP contribution in [0.5, 0.6) is 5.75 Å². The predicted octanol–water partition coefficient (Wildman–Crippen LogP) is 2.74. The number of β-amino-alcohol motifs (C(OH)–C–C–N with tert-alkyl or cyclic N) is 1. The van der Waals surface area contributed by atoms with Crippen LogP contribution in [0.4, 0.5) is 0 Å². The van der Waals surface area contributed by atoms with Crippen LogP contribution in [0.3, 0.4) is 0 Å². The Kier molecular flexibility index (Phi) is 11.5. The lowest BCUT2D eigenvalue weighted by molar-refractivity contribution is 0.151. The molecule has 0 bridgehead atoms. The van der Waals surface area contributed by atoms with E-state index in [0.29, 0.717) is 74.6 Å². The first kappa shape index (κ1) is 32.3. The van der Waals surface area contributed by atoms with Gasteiger partial charge in [-0.1, -0.05) is 39.3 Å². The number of hydrogen-bond donors (Lipinski definition) is 3.